The molecule has 0 heterocycles. The van der Waals surface area contributed by atoms with Gasteiger partial charge < -0.3 is 0 Å². The Balaban J connectivity index is 3.15. The van der Waals surface area contributed by atoms with E-state index < -0.39 is 11.6 Å². The molecule has 1 nitrogen and oxygen atoms in total. The van der Waals surface area contributed by atoms with Crippen molar-refractivity contribution in [3.05, 3.63) is 35.4 Å². The second-order valence-corrected chi connectivity index (χ2v) is 3.15. The Kier molecular flexibility index (Phi) is 3.42. The van der Waals surface area contributed by atoms with Crippen LogP contribution in [0.4, 0.5) is 8.78 Å². The van der Waals surface area contributed by atoms with Gasteiger partial charge in [0.05, 0.1) is 5.04 Å². The highest BCUT2D eigenvalue weighted by Crippen LogP contribution is 2.15. The SMILES string of the molecule is CN=C(SC)c1ccc(F)cc1F. The average molecular weight is 201 g/mol. The summed E-state index contributed by atoms with van der Waals surface area (Å²) >= 11 is 1.33. The van der Waals surface area contributed by atoms with Crippen LogP contribution in [0.15, 0.2) is 23.2 Å². The van der Waals surface area contributed by atoms with Crippen molar-refractivity contribution < 1.29 is 8.78 Å². The van der Waals surface area contributed by atoms with Crippen LogP contribution in [0.3, 0.4) is 0 Å². The fourth-order valence-electron chi connectivity index (χ4n) is 0.985. The maximum Gasteiger partial charge on any atom is 0.136 e. The molecule has 4 heteroatoms. The van der Waals surface area contributed by atoms with Crippen molar-refractivity contribution >= 4 is 16.8 Å². The maximum atomic E-state index is 13.1. The summed E-state index contributed by atoms with van der Waals surface area (Å²) < 4.78 is 25.7. The minimum absolute atomic E-state index is 0.344. The molecule has 0 fully saturated rings. The van der Waals surface area contributed by atoms with E-state index in [0.29, 0.717) is 10.6 Å². The van der Waals surface area contributed by atoms with Crippen molar-refractivity contribution in [3.63, 3.8) is 0 Å². The first-order chi connectivity index (χ1) is 6.19. The lowest BCUT2D eigenvalue weighted by Gasteiger charge is -2.03. The molecule has 0 amide bonds. The molecular weight excluding hydrogens is 192 g/mol. The first kappa shape index (κ1) is 10.2. The summed E-state index contributed by atoms with van der Waals surface area (Å²) in [6.45, 7) is 0. The predicted molar refractivity (Wildman–Crippen MR) is 52.3 cm³/mol. The minimum Gasteiger partial charge on any atom is -0.281 e. The fraction of sp³-hybridized carbons (Fsp3) is 0.222. The number of rotatable bonds is 1. The van der Waals surface area contributed by atoms with Gasteiger partial charge in [-0.2, -0.15) is 0 Å². The van der Waals surface area contributed by atoms with Crippen LogP contribution in [0.1, 0.15) is 5.56 Å². The number of halogens is 2. The molecule has 0 aliphatic carbocycles. The third-order valence-electron chi connectivity index (χ3n) is 1.56. The Morgan fingerprint density at radius 3 is 2.54 bits per heavy atom. The standard InChI is InChI=1S/C9H9F2NS/c1-12-9(13-2)7-4-3-6(10)5-8(7)11/h3-5H,1-2H3. The van der Waals surface area contributed by atoms with Crippen LogP contribution in [0.5, 0.6) is 0 Å². The lowest BCUT2D eigenvalue weighted by molar-refractivity contribution is 0.582. The lowest BCUT2D eigenvalue weighted by atomic mass is 10.2. The van der Waals surface area contributed by atoms with Crippen LogP contribution in [-0.2, 0) is 0 Å². The quantitative estimate of drug-likeness (QED) is 0.502. The summed E-state index contributed by atoms with van der Waals surface area (Å²) in [5.74, 6) is -1.15. The zero-order valence-electron chi connectivity index (χ0n) is 7.34. The molecule has 0 unspecified atom stereocenters. The third kappa shape index (κ3) is 2.28. The van der Waals surface area contributed by atoms with Crippen LogP contribution in [0.25, 0.3) is 0 Å². The molecule has 0 aliphatic rings. The third-order valence-corrected chi connectivity index (χ3v) is 2.35. The highest BCUT2D eigenvalue weighted by molar-refractivity contribution is 8.13. The van der Waals surface area contributed by atoms with E-state index in [4.69, 9.17) is 0 Å². The summed E-state index contributed by atoms with van der Waals surface area (Å²) in [6, 6.07) is 3.47. The molecule has 0 bridgehead atoms. The molecule has 0 aliphatic heterocycles. The van der Waals surface area contributed by atoms with Gasteiger partial charge in [-0.1, -0.05) is 0 Å². The van der Waals surface area contributed by atoms with Crippen LogP contribution in [0.2, 0.25) is 0 Å². The van der Waals surface area contributed by atoms with Gasteiger partial charge in [0.1, 0.15) is 11.6 Å². The van der Waals surface area contributed by atoms with Gasteiger partial charge in [0.15, 0.2) is 0 Å². The highest BCUT2D eigenvalue weighted by atomic mass is 32.2. The van der Waals surface area contributed by atoms with E-state index >= 15 is 0 Å². The van der Waals surface area contributed by atoms with Gasteiger partial charge in [-0.15, -0.1) is 11.8 Å². The number of thioether (sulfide) groups is 1. The maximum absolute atomic E-state index is 13.1. The smallest absolute Gasteiger partial charge is 0.136 e. The van der Waals surface area contributed by atoms with E-state index in [2.05, 4.69) is 4.99 Å². The Labute approximate surface area is 79.9 Å². The first-order valence-corrected chi connectivity index (χ1v) is 4.87. The molecule has 1 rings (SSSR count). The van der Waals surface area contributed by atoms with E-state index in [1.54, 1.807) is 13.3 Å². The van der Waals surface area contributed by atoms with E-state index in [-0.39, 0.29) is 0 Å². The molecule has 0 aromatic heterocycles. The summed E-state index contributed by atoms with van der Waals surface area (Å²) in [4.78, 5) is 3.88. The van der Waals surface area contributed by atoms with E-state index in [9.17, 15) is 8.78 Å². The van der Waals surface area contributed by atoms with Gasteiger partial charge in [-0.05, 0) is 18.4 Å². The Hall–Kier alpha value is -0.900. The molecule has 1 aromatic carbocycles. The second kappa shape index (κ2) is 4.37. The summed E-state index contributed by atoms with van der Waals surface area (Å²) in [7, 11) is 1.58. The summed E-state index contributed by atoms with van der Waals surface area (Å²) in [5.41, 5.74) is 0.344. The van der Waals surface area contributed by atoms with Gasteiger partial charge in [0.2, 0.25) is 0 Å². The van der Waals surface area contributed by atoms with Crippen LogP contribution < -0.4 is 0 Å². The molecule has 0 radical (unpaired) electrons. The normalized spacial score (nSPS) is 11.8. The topological polar surface area (TPSA) is 12.4 Å². The van der Waals surface area contributed by atoms with Gasteiger partial charge >= 0.3 is 0 Å². The van der Waals surface area contributed by atoms with Gasteiger partial charge in [-0.25, -0.2) is 8.78 Å². The molecule has 1 aromatic rings. The zero-order valence-corrected chi connectivity index (χ0v) is 8.16. The molecule has 13 heavy (non-hydrogen) atoms. The van der Waals surface area contributed by atoms with Crippen molar-refractivity contribution in [2.75, 3.05) is 13.3 Å². The van der Waals surface area contributed by atoms with Crippen LogP contribution in [0, 0.1) is 11.6 Å². The fourth-order valence-corrected chi connectivity index (χ4v) is 1.55. The second-order valence-electron chi connectivity index (χ2n) is 2.36. The average Bonchev–Trinajstić information content (AvgIpc) is 2.10. The number of hydrogen-bond donors (Lipinski definition) is 0. The zero-order chi connectivity index (χ0) is 9.84. The van der Waals surface area contributed by atoms with Crippen molar-refractivity contribution in [3.8, 4) is 0 Å². The Morgan fingerprint density at radius 1 is 1.38 bits per heavy atom. The van der Waals surface area contributed by atoms with Crippen molar-refractivity contribution in [1.29, 1.82) is 0 Å². The number of hydrogen-bond acceptors (Lipinski definition) is 2. The van der Waals surface area contributed by atoms with E-state index in [0.717, 1.165) is 6.07 Å². The molecule has 0 atom stereocenters. The van der Waals surface area contributed by atoms with Crippen LogP contribution >= 0.6 is 11.8 Å². The predicted octanol–water partition coefficient (Wildman–Crippen LogP) is 2.70. The molecule has 0 N–H and O–H groups in total. The molecular formula is C9H9F2NS. The van der Waals surface area contributed by atoms with E-state index in [1.165, 1.54) is 23.9 Å². The first-order valence-electron chi connectivity index (χ1n) is 3.65. The van der Waals surface area contributed by atoms with Crippen molar-refractivity contribution in [2.45, 2.75) is 0 Å². The molecule has 0 saturated heterocycles. The Morgan fingerprint density at radius 2 is 2.08 bits per heavy atom. The molecule has 0 saturated carbocycles. The molecule has 0 spiro atoms. The largest absolute Gasteiger partial charge is 0.281 e. The summed E-state index contributed by atoms with van der Waals surface area (Å²) in [6.07, 6.45) is 1.80. The van der Waals surface area contributed by atoms with Gasteiger partial charge in [0.25, 0.3) is 0 Å². The Bertz CT molecular complexity index is 336. The number of nitrogens with zero attached hydrogens (tertiary/aromatic N) is 1. The minimum atomic E-state index is -0.574. The van der Waals surface area contributed by atoms with Gasteiger partial charge in [-0.3, -0.25) is 4.99 Å². The summed E-state index contributed by atoms with van der Waals surface area (Å²) in [5, 5.41) is 0.567. The lowest BCUT2D eigenvalue weighted by Crippen LogP contribution is -1.99. The van der Waals surface area contributed by atoms with Crippen molar-refractivity contribution in [2.24, 2.45) is 4.99 Å². The van der Waals surface area contributed by atoms with Gasteiger partial charge in [0, 0.05) is 18.7 Å². The van der Waals surface area contributed by atoms with Crippen LogP contribution in [-0.4, -0.2) is 18.3 Å². The number of aliphatic imine (C=N–C) groups is 1. The molecule has 70 valence electrons. The highest BCUT2D eigenvalue weighted by Gasteiger charge is 2.08. The van der Waals surface area contributed by atoms with E-state index in [1.807, 2.05) is 0 Å². The van der Waals surface area contributed by atoms with Crippen molar-refractivity contribution in [1.82, 2.24) is 0 Å². The number of benzene rings is 1. The monoisotopic (exact) mass is 201 g/mol.